The van der Waals surface area contributed by atoms with Gasteiger partial charge in [0.2, 0.25) is 6.79 Å². The summed E-state index contributed by atoms with van der Waals surface area (Å²) in [6, 6.07) is 16.6. The van der Waals surface area contributed by atoms with E-state index in [0.717, 1.165) is 17.0 Å². The van der Waals surface area contributed by atoms with Crippen molar-refractivity contribution in [3.8, 4) is 17.2 Å². The smallest absolute Gasteiger partial charge is 0.507 e. The molecule has 0 bridgehead atoms. The second-order valence-electron chi connectivity index (χ2n) is 7.69. The first kappa shape index (κ1) is 22.3. The zero-order valence-electron chi connectivity index (χ0n) is 17.8. The molecule has 2 heterocycles. The van der Waals surface area contributed by atoms with Crippen molar-refractivity contribution < 1.29 is 42.1 Å². The van der Waals surface area contributed by atoms with Crippen LogP contribution in [0.4, 0.5) is 18.9 Å². The SMILES string of the molecule is O=C1C(=O)N(c2ccc(OC(F)(F)F)cc2)C(c2ccccc2)/C1=C(/O)c1ccc2c(c1)OCO2. The number of nitrogens with zero attached hydrogens (tertiary/aromatic N) is 1. The van der Waals surface area contributed by atoms with Gasteiger partial charge in [0, 0.05) is 11.3 Å². The van der Waals surface area contributed by atoms with Crippen LogP contribution < -0.4 is 19.1 Å². The zero-order valence-corrected chi connectivity index (χ0v) is 17.8. The van der Waals surface area contributed by atoms with Crippen molar-refractivity contribution in [2.75, 3.05) is 11.7 Å². The van der Waals surface area contributed by atoms with Crippen molar-refractivity contribution in [3.05, 3.63) is 89.5 Å². The van der Waals surface area contributed by atoms with Crippen LogP contribution in [-0.4, -0.2) is 30.0 Å². The number of Topliss-reactive ketones (excluding diaryl/α,β-unsaturated/α-hetero) is 1. The van der Waals surface area contributed by atoms with Gasteiger partial charge in [-0.25, -0.2) is 0 Å². The Morgan fingerprint density at radius 1 is 0.943 bits per heavy atom. The largest absolute Gasteiger partial charge is 0.573 e. The lowest BCUT2D eigenvalue weighted by molar-refractivity contribution is -0.274. The highest BCUT2D eigenvalue weighted by Crippen LogP contribution is 2.43. The van der Waals surface area contributed by atoms with Gasteiger partial charge in [0.25, 0.3) is 11.7 Å². The molecule has 35 heavy (non-hydrogen) atoms. The summed E-state index contributed by atoms with van der Waals surface area (Å²) >= 11 is 0. The Morgan fingerprint density at radius 2 is 1.63 bits per heavy atom. The van der Waals surface area contributed by atoms with E-state index in [-0.39, 0.29) is 23.6 Å². The highest BCUT2D eigenvalue weighted by molar-refractivity contribution is 6.51. The fourth-order valence-electron chi connectivity index (χ4n) is 4.06. The van der Waals surface area contributed by atoms with E-state index in [1.54, 1.807) is 36.4 Å². The van der Waals surface area contributed by atoms with Crippen molar-refractivity contribution in [2.45, 2.75) is 12.4 Å². The Labute approximate surface area is 196 Å². The minimum absolute atomic E-state index is 0.0159. The first-order chi connectivity index (χ1) is 16.7. The number of benzene rings is 3. The topological polar surface area (TPSA) is 85.3 Å². The van der Waals surface area contributed by atoms with Crippen molar-refractivity contribution in [1.82, 2.24) is 0 Å². The van der Waals surface area contributed by atoms with Crippen LogP contribution in [0.2, 0.25) is 0 Å². The predicted molar refractivity (Wildman–Crippen MR) is 117 cm³/mol. The van der Waals surface area contributed by atoms with Gasteiger partial charge in [-0.15, -0.1) is 13.2 Å². The van der Waals surface area contributed by atoms with E-state index < -0.39 is 35.6 Å². The van der Waals surface area contributed by atoms with Gasteiger partial charge in [0.05, 0.1) is 11.6 Å². The van der Waals surface area contributed by atoms with Gasteiger partial charge in [-0.3, -0.25) is 14.5 Å². The molecule has 0 aliphatic carbocycles. The molecule has 1 amide bonds. The van der Waals surface area contributed by atoms with Crippen molar-refractivity contribution >= 4 is 23.1 Å². The molecular weight excluding hydrogens is 467 g/mol. The molecule has 1 saturated heterocycles. The van der Waals surface area contributed by atoms with Gasteiger partial charge < -0.3 is 19.3 Å². The molecule has 1 atom stereocenters. The number of fused-ring (bicyclic) bond motifs is 1. The van der Waals surface area contributed by atoms with E-state index >= 15 is 0 Å². The number of aliphatic hydroxyl groups excluding tert-OH is 1. The number of ketones is 1. The third-order valence-electron chi connectivity index (χ3n) is 5.55. The number of amides is 1. The van der Waals surface area contributed by atoms with E-state index in [1.807, 2.05) is 0 Å². The summed E-state index contributed by atoms with van der Waals surface area (Å²) in [5.41, 5.74) is 0.739. The standard InChI is InChI=1S/C25H16F3NO6/c26-25(27,28)35-17-9-7-16(8-10-17)29-21(14-4-2-1-3-5-14)20(23(31)24(29)32)22(30)15-6-11-18-19(12-15)34-13-33-18/h1-12,21,30H,13H2/b22-20-. The lowest BCUT2D eigenvalue weighted by atomic mass is 9.95. The molecule has 1 N–H and O–H groups in total. The summed E-state index contributed by atoms with van der Waals surface area (Å²) in [4.78, 5) is 27.4. The molecule has 2 aliphatic rings. The maximum Gasteiger partial charge on any atom is 0.573 e. The van der Waals surface area contributed by atoms with Crippen LogP contribution in [0.15, 0.2) is 78.4 Å². The summed E-state index contributed by atoms with van der Waals surface area (Å²) < 4.78 is 52.1. The van der Waals surface area contributed by atoms with Crippen LogP contribution in [0.1, 0.15) is 17.2 Å². The molecule has 1 fully saturated rings. The monoisotopic (exact) mass is 483 g/mol. The molecule has 0 spiro atoms. The fraction of sp³-hybridized carbons (Fsp3) is 0.120. The summed E-state index contributed by atoms with van der Waals surface area (Å²) in [5, 5.41) is 11.1. The first-order valence-corrected chi connectivity index (χ1v) is 10.3. The van der Waals surface area contributed by atoms with Gasteiger partial charge in [-0.1, -0.05) is 30.3 Å². The average Bonchev–Trinajstić information content (AvgIpc) is 3.41. The molecule has 0 radical (unpaired) electrons. The minimum atomic E-state index is -4.88. The minimum Gasteiger partial charge on any atom is -0.507 e. The Bertz CT molecular complexity index is 1340. The lowest BCUT2D eigenvalue weighted by Crippen LogP contribution is -2.29. The maximum atomic E-state index is 13.1. The number of carbonyl (C=O) groups excluding carboxylic acids is 2. The summed E-state index contributed by atoms with van der Waals surface area (Å²) in [5.74, 6) is -1.93. The third-order valence-corrected chi connectivity index (χ3v) is 5.55. The van der Waals surface area contributed by atoms with Gasteiger partial charge in [0.1, 0.15) is 11.5 Å². The summed E-state index contributed by atoms with van der Waals surface area (Å²) in [6.45, 7) is 0.0159. The molecule has 10 heteroatoms. The van der Waals surface area contributed by atoms with Crippen molar-refractivity contribution in [2.24, 2.45) is 0 Å². The van der Waals surface area contributed by atoms with Crippen LogP contribution >= 0.6 is 0 Å². The number of aliphatic hydroxyl groups is 1. The number of carbonyl (C=O) groups is 2. The fourth-order valence-corrected chi connectivity index (χ4v) is 4.06. The number of anilines is 1. The average molecular weight is 483 g/mol. The molecule has 1 unspecified atom stereocenters. The molecule has 5 rings (SSSR count). The Hall–Kier alpha value is -4.47. The van der Waals surface area contributed by atoms with Crippen molar-refractivity contribution in [1.29, 1.82) is 0 Å². The molecule has 3 aromatic carbocycles. The number of halogens is 3. The van der Waals surface area contributed by atoms with E-state index in [1.165, 1.54) is 24.3 Å². The molecule has 0 aromatic heterocycles. The van der Waals surface area contributed by atoms with Crippen LogP contribution in [-0.2, 0) is 9.59 Å². The second-order valence-corrected chi connectivity index (χ2v) is 7.69. The summed E-state index contributed by atoms with van der Waals surface area (Å²) in [7, 11) is 0. The Balaban J connectivity index is 1.61. The highest BCUT2D eigenvalue weighted by atomic mass is 19.4. The van der Waals surface area contributed by atoms with Crippen LogP contribution in [0, 0.1) is 0 Å². The van der Waals surface area contributed by atoms with E-state index in [0.29, 0.717) is 17.1 Å². The van der Waals surface area contributed by atoms with Gasteiger partial charge in [-0.05, 0) is 48.0 Å². The Kier molecular flexibility index (Phi) is 5.35. The molecular formula is C25H16F3NO6. The van der Waals surface area contributed by atoms with Crippen molar-refractivity contribution in [3.63, 3.8) is 0 Å². The first-order valence-electron chi connectivity index (χ1n) is 10.3. The molecule has 178 valence electrons. The van der Waals surface area contributed by atoms with Gasteiger partial charge in [0.15, 0.2) is 11.5 Å². The maximum absolute atomic E-state index is 13.1. The number of hydrogen-bond donors (Lipinski definition) is 1. The number of hydrogen-bond acceptors (Lipinski definition) is 6. The van der Waals surface area contributed by atoms with Crippen LogP contribution in [0.25, 0.3) is 5.76 Å². The van der Waals surface area contributed by atoms with Gasteiger partial charge >= 0.3 is 6.36 Å². The summed E-state index contributed by atoms with van der Waals surface area (Å²) in [6.07, 6.45) is -4.88. The van der Waals surface area contributed by atoms with E-state index in [4.69, 9.17) is 9.47 Å². The van der Waals surface area contributed by atoms with Crippen LogP contribution in [0.3, 0.4) is 0 Å². The molecule has 7 nitrogen and oxygen atoms in total. The predicted octanol–water partition coefficient (Wildman–Crippen LogP) is 4.94. The molecule has 3 aromatic rings. The highest BCUT2D eigenvalue weighted by Gasteiger charge is 2.47. The zero-order chi connectivity index (χ0) is 24.7. The number of rotatable bonds is 4. The van der Waals surface area contributed by atoms with Crippen LogP contribution in [0.5, 0.6) is 17.2 Å². The van der Waals surface area contributed by atoms with Gasteiger partial charge in [-0.2, -0.15) is 0 Å². The quantitative estimate of drug-likeness (QED) is 0.322. The number of ether oxygens (including phenoxy) is 3. The number of alkyl halides is 3. The molecule has 2 aliphatic heterocycles. The Morgan fingerprint density at radius 3 is 2.31 bits per heavy atom. The lowest BCUT2D eigenvalue weighted by Gasteiger charge is -2.25. The second kappa shape index (κ2) is 8.39. The van der Waals surface area contributed by atoms with E-state index in [2.05, 4.69) is 4.74 Å². The molecule has 0 saturated carbocycles. The normalized spacial score (nSPS) is 18.7. The van der Waals surface area contributed by atoms with E-state index in [9.17, 15) is 27.9 Å². The third kappa shape index (κ3) is 4.14.